The van der Waals surface area contributed by atoms with Crippen LogP contribution < -0.4 is 5.32 Å². The van der Waals surface area contributed by atoms with E-state index in [2.05, 4.69) is 5.32 Å². The van der Waals surface area contributed by atoms with Crippen molar-refractivity contribution in [3.8, 4) is 0 Å². The minimum atomic E-state index is -0.154. The van der Waals surface area contributed by atoms with Crippen LogP contribution >= 0.6 is 0 Å². The third-order valence-corrected chi connectivity index (χ3v) is 3.98. The average Bonchev–Trinajstić information content (AvgIpc) is 2.92. The third-order valence-electron chi connectivity index (χ3n) is 3.98. The summed E-state index contributed by atoms with van der Waals surface area (Å²) < 4.78 is 5.05. The van der Waals surface area contributed by atoms with Gasteiger partial charge in [-0.15, -0.1) is 0 Å². The van der Waals surface area contributed by atoms with Crippen molar-refractivity contribution in [2.75, 3.05) is 26.2 Å². The summed E-state index contributed by atoms with van der Waals surface area (Å²) in [5.41, 5.74) is 0. The van der Waals surface area contributed by atoms with E-state index < -0.39 is 0 Å². The normalized spacial score (nSPS) is 27.3. The molecule has 0 radical (unpaired) electrons. The van der Waals surface area contributed by atoms with Crippen molar-refractivity contribution in [1.29, 1.82) is 0 Å². The van der Waals surface area contributed by atoms with Gasteiger partial charge >= 0.3 is 5.97 Å². The molecule has 2 saturated heterocycles. The topological polar surface area (TPSA) is 58.6 Å². The molecule has 5 nitrogen and oxygen atoms in total. The first-order chi connectivity index (χ1) is 9.20. The van der Waals surface area contributed by atoms with Crippen LogP contribution in [0.1, 0.15) is 39.0 Å². The minimum Gasteiger partial charge on any atom is -0.466 e. The number of carbonyl (C=O) groups is 2. The van der Waals surface area contributed by atoms with Crippen molar-refractivity contribution in [2.45, 2.75) is 45.1 Å². The number of esters is 1. The van der Waals surface area contributed by atoms with Crippen LogP contribution in [0.3, 0.4) is 0 Å². The summed E-state index contributed by atoms with van der Waals surface area (Å²) in [6.45, 7) is 4.56. The molecular weight excluding hydrogens is 244 g/mol. The molecule has 0 aromatic rings. The van der Waals surface area contributed by atoms with Crippen LogP contribution in [0.4, 0.5) is 0 Å². The molecule has 0 aromatic carbocycles. The van der Waals surface area contributed by atoms with Gasteiger partial charge in [-0.1, -0.05) is 0 Å². The minimum absolute atomic E-state index is 0.130. The molecule has 19 heavy (non-hydrogen) atoms. The number of hydrogen-bond donors (Lipinski definition) is 1. The zero-order chi connectivity index (χ0) is 13.7. The van der Waals surface area contributed by atoms with E-state index in [4.69, 9.17) is 4.74 Å². The first kappa shape index (κ1) is 14.3. The molecule has 2 aliphatic heterocycles. The highest BCUT2D eigenvalue weighted by Gasteiger charge is 2.30. The van der Waals surface area contributed by atoms with Crippen molar-refractivity contribution >= 4 is 11.9 Å². The molecule has 1 amide bonds. The molecule has 2 rings (SSSR count). The summed E-state index contributed by atoms with van der Waals surface area (Å²) in [6, 6.07) is 0.329. The lowest BCUT2D eigenvalue weighted by molar-refractivity contribution is -0.151. The number of rotatable bonds is 4. The number of nitrogens with one attached hydrogen (secondary N) is 1. The van der Waals surface area contributed by atoms with Gasteiger partial charge in [0, 0.05) is 25.6 Å². The number of piperidine rings is 1. The molecule has 2 atom stereocenters. The van der Waals surface area contributed by atoms with Gasteiger partial charge in [0.1, 0.15) is 0 Å². The third kappa shape index (κ3) is 3.93. The fraction of sp³-hybridized carbons (Fsp3) is 0.857. The maximum atomic E-state index is 12.2. The lowest BCUT2D eigenvalue weighted by Crippen LogP contribution is -2.44. The van der Waals surface area contributed by atoms with Crippen LogP contribution in [0.15, 0.2) is 0 Å². The van der Waals surface area contributed by atoms with Crippen LogP contribution in [0.5, 0.6) is 0 Å². The average molecular weight is 268 g/mol. The van der Waals surface area contributed by atoms with E-state index in [9.17, 15) is 9.59 Å². The van der Waals surface area contributed by atoms with Crippen molar-refractivity contribution in [1.82, 2.24) is 10.2 Å². The van der Waals surface area contributed by atoms with E-state index >= 15 is 0 Å². The quantitative estimate of drug-likeness (QED) is 0.771. The molecule has 1 N–H and O–H groups in total. The van der Waals surface area contributed by atoms with E-state index in [0.29, 0.717) is 25.6 Å². The number of nitrogens with zero attached hydrogens (tertiary/aromatic N) is 1. The van der Waals surface area contributed by atoms with Crippen LogP contribution in [0.2, 0.25) is 0 Å². The molecule has 0 spiro atoms. The van der Waals surface area contributed by atoms with Crippen LogP contribution in [-0.4, -0.2) is 49.1 Å². The van der Waals surface area contributed by atoms with Gasteiger partial charge < -0.3 is 15.0 Å². The van der Waals surface area contributed by atoms with Gasteiger partial charge in [-0.05, 0) is 39.2 Å². The van der Waals surface area contributed by atoms with Gasteiger partial charge in [-0.25, -0.2) is 0 Å². The second-order valence-electron chi connectivity index (χ2n) is 5.43. The van der Waals surface area contributed by atoms with Crippen molar-refractivity contribution in [3.63, 3.8) is 0 Å². The monoisotopic (exact) mass is 268 g/mol. The molecule has 0 bridgehead atoms. The fourth-order valence-electron chi connectivity index (χ4n) is 2.93. The predicted octanol–water partition coefficient (Wildman–Crippen LogP) is 0.930. The second kappa shape index (κ2) is 6.89. The Bertz CT molecular complexity index is 327. The molecule has 0 aliphatic carbocycles. The van der Waals surface area contributed by atoms with Crippen LogP contribution in [0.25, 0.3) is 0 Å². The largest absolute Gasteiger partial charge is 0.466 e. The van der Waals surface area contributed by atoms with Gasteiger partial charge in [-0.3, -0.25) is 9.59 Å². The Balaban J connectivity index is 1.82. The van der Waals surface area contributed by atoms with Crippen molar-refractivity contribution in [3.05, 3.63) is 0 Å². The van der Waals surface area contributed by atoms with E-state index in [0.717, 1.165) is 38.8 Å². The zero-order valence-corrected chi connectivity index (χ0v) is 11.7. The predicted molar refractivity (Wildman–Crippen MR) is 71.6 cm³/mol. The lowest BCUT2D eigenvalue weighted by atomic mass is 9.97. The highest BCUT2D eigenvalue weighted by atomic mass is 16.5. The maximum Gasteiger partial charge on any atom is 0.310 e. The van der Waals surface area contributed by atoms with E-state index in [1.807, 2.05) is 11.8 Å². The van der Waals surface area contributed by atoms with Gasteiger partial charge in [0.2, 0.25) is 5.91 Å². The number of carbonyl (C=O) groups excluding carboxylic acids is 2. The first-order valence-corrected chi connectivity index (χ1v) is 7.38. The molecular formula is C14H24N2O3. The van der Waals surface area contributed by atoms with Gasteiger partial charge in [0.25, 0.3) is 0 Å². The van der Waals surface area contributed by atoms with Gasteiger partial charge in [0.05, 0.1) is 12.5 Å². The fourth-order valence-corrected chi connectivity index (χ4v) is 2.93. The zero-order valence-electron chi connectivity index (χ0n) is 11.7. The molecule has 2 heterocycles. The Labute approximate surface area is 114 Å². The summed E-state index contributed by atoms with van der Waals surface area (Å²) >= 11 is 0. The lowest BCUT2D eigenvalue weighted by Gasteiger charge is -2.32. The number of hydrogen-bond acceptors (Lipinski definition) is 4. The molecule has 0 saturated carbocycles. The number of likely N-dealkylation sites (tertiary alicyclic amines) is 1. The molecule has 5 heteroatoms. The maximum absolute atomic E-state index is 12.2. The molecule has 2 aliphatic rings. The summed E-state index contributed by atoms with van der Waals surface area (Å²) in [7, 11) is 0. The standard InChI is InChI=1S/C14H24N2O3/c1-2-19-14(18)11-5-4-8-16(10-11)13(17)9-12-6-3-7-15-12/h11-12,15H,2-10H2,1H3. The summed E-state index contributed by atoms with van der Waals surface area (Å²) in [4.78, 5) is 25.8. The summed E-state index contributed by atoms with van der Waals surface area (Å²) in [6.07, 6.45) is 4.54. The Kier molecular flexibility index (Phi) is 5.19. The SMILES string of the molecule is CCOC(=O)C1CCCN(C(=O)CC2CCCN2)C1. The summed E-state index contributed by atoms with van der Waals surface area (Å²) in [5.74, 6) is -0.110. The van der Waals surface area contributed by atoms with Crippen LogP contribution in [-0.2, 0) is 14.3 Å². The molecule has 2 unspecified atom stereocenters. The molecule has 0 aromatic heterocycles. The Hall–Kier alpha value is -1.10. The van der Waals surface area contributed by atoms with Crippen molar-refractivity contribution in [2.24, 2.45) is 5.92 Å². The number of ether oxygens (including phenoxy) is 1. The van der Waals surface area contributed by atoms with E-state index in [-0.39, 0.29) is 17.8 Å². The molecule has 108 valence electrons. The Morgan fingerprint density at radius 1 is 1.32 bits per heavy atom. The highest BCUT2D eigenvalue weighted by molar-refractivity contribution is 5.79. The Morgan fingerprint density at radius 2 is 2.16 bits per heavy atom. The van der Waals surface area contributed by atoms with Gasteiger partial charge in [0.15, 0.2) is 0 Å². The molecule has 2 fully saturated rings. The summed E-state index contributed by atoms with van der Waals surface area (Å²) in [5, 5.41) is 3.34. The smallest absolute Gasteiger partial charge is 0.310 e. The van der Waals surface area contributed by atoms with Crippen LogP contribution in [0, 0.1) is 5.92 Å². The van der Waals surface area contributed by atoms with E-state index in [1.165, 1.54) is 0 Å². The van der Waals surface area contributed by atoms with Crippen molar-refractivity contribution < 1.29 is 14.3 Å². The second-order valence-corrected chi connectivity index (χ2v) is 5.43. The highest BCUT2D eigenvalue weighted by Crippen LogP contribution is 2.20. The first-order valence-electron chi connectivity index (χ1n) is 7.38. The number of amides is 1. The Morgan fingerprint density at radius 3 is 2.84 bits per heavy atom. The van der Waals surface area contributed by atoms with Gasteiger partial charge in [-0.2, -0.15) is 0 Å². The van der Waals surface area contributed by atoms with E-state index in [1.54, 1.807) is 0 Å².